The van der Waals surface area contributed by atoms with E-state index in [9.17, 15) is 4.79 Å². The molecule has 2 rings (SSSR count). The molecule has 92 valence electrons. The van der Waals surface area contributed by atoms with Gasteiger partial charge in [0.05, 0.1) is 5.92 Å². The van der Waals surface area contributed by atoms with E-state index in [0.717, 1.165) is 19.5 Å². The maximum atomic E-state index is 12.0. The van der Waals surface area contributed by atoms with Crippen LogP contribution in [0, 0.1) is 11.3 Å². The Labute approximate surface area is 98.4 Å². The van der Waals surface area contributed by atoms with E-state index in [2.05, 4.69) is 24.5 Å². The van der Waals surface area contributed by atoms with Crippen molar-refractivity contribution in [2.75, 3.05) is 13.1 Å². The van der Waals surface area contributed by atoms with Crippen LogP contribution >= 0.6 is 0 Å². The van der Waals surface area contributed by atoms with Gasteiger partial charge in [-0.25, -0.2) is 0 Å². The molecule has 2 atom stereocenters. The average Bonchev–Trinajstić information content (AvgIpc) is 2.89. The zero-order chi connectivity index (χ0) is 11.6. The largest absolute Gasteiger partial charge is 0.355 e. The molecule has 1 aliphatic carbocycles. The molecule has 2 N–H and O–H groups in total. The second-order valence-electron chi connectivity index (χ2n) is 5.61. The second-order valence-corrected chi connectivity index (χ2v) is 5.61. The van der Waals surface area contributed by atoms with Crippen molar-refractivity contribution in [2.45, 2.75) is 52.0 Å². The Bertz CT molecular complexity index is 261. The summed E-state index contributed by atoms with van der Waals surface area (Å²) in [6.45, 7) is 6.23. The van der Waals surface area contributed by atoms with Crippen LogP contribution in [-0.2, 0) is 4.79 Å². The van der Waals surface area contributed by atoms with Crippen LogP contribution in [-0.4, -0.2) is 25.0 Å². The summed E-state index contributed by atoms with van der Waals surface area (Å²) in [5, 5.41) is 6.49. The third-order valence-corrected chi connectivity index (χ3v) is 4.24. The Morgan fingerprint density at radius 3 is 2.75 bits per heavy atom. The molecule has 1 amide bonds. The van der Waals surface area contributed by atoms with Crippen molar-refractivity contribution < 1.29 is 4.79 Å². The van der Waals surface area contributed by atoms with Crippen molar-refractivity contribution in [2.24, 2.45) is 11.3 Å². The molecule has 1 saturated heterocycles. The van der Waals surface area contributed by atoms with Gasteiger partial charge in [-0.2, -0.15) is 0 Å². The van der Waals surface area contributed by atoms with Crippen LogP contribution in [0.2, 0.25) is 0 Å². The Hall–Kier alpha value is -0.570. The molecule has 2 aliphatic rings. The monoisotopic (exact) mass is 224 g/mol. The zero-order valence-corrected chi connectivity index (χ0v) is 10.5. The van der Waals surface area contributed by atoms with E-state index >= 15 is 0 Å². The van der Waals surface area contributed by atoms with E-state index in [-0.39, 0.29) is 11.8 Å². The van der Waals surface area contributed by atoms with Crippen molar-refractivity contribution in [3.8, 4) is 0 Å². The fourth-order valence-corrected chi connectivity index (χ4v) is 2.84. The molecular formula is C13H24N2O. The Balaban J connectivity index is 1.75. The Morgan fingerprint density at radius 2 is 2.25 bits per heavy atom. The summed E-state index contributed by atoms with van der Waals surface area (Å²) in [5.41, 5.74) is 0.472. The minimum atomic E-state index is 0.192. The highest BCUT2D eigenvalue weighted by atomic mass is 16.1. The second kappa shape index (κ2) is 4.74. The number of rotatable bonds is 5. The van der Waals surface area contributed by atoms with Gasteiger partial charge in [0.15, 0.2) is 0 Å². The van der Waals surface area contributed by atoms with E-state index in [1.54, 1.807) is 0 Å². The van der Waals surface area contributed by atoms with Gasteiger partial charge in [0.1, 0.15) is 0 Å². The van der Waals surface area contributed by atoms with Crippen molar-refractivity contribution in [1.82, 2.24) is 10.6 Å². The fourth-order valence-electron chi connectivity index (χ4n) is 2.84. The summed E-state index contributed by atoms with van der Waals surface area (Å²) < 4.78 is 0. The number of amides is 1. The molecule has 16 heavy (non-hydrogen) atoms. The first-order chi connectivity index (χ1) is 7.67. The predicted molar refractivity (Wildman–Crippen MR) is 65.2 cm³/mol. The highest BCUT2D eigenvalue weighted by molar-refractivity contribution is 5.79. The molecule has 0 aromatic rings. The van der Waals surface area contributed by atoms with Crippen LogP contribution in [0.3, 0.4) is 0 Å². The predicted octanol–water partition coefficient (Wildman–Crippen LogP) is 1.68. The molecular weight excluding hydrogens is 200 g/mol. The van der Waals surface area contributed by atoms with Gasteiger partial charge in [0, 0.05) is 12.6 Å². The van der Waals surface area contributed by atoms with Gasteiger partial charge < -0.3 is 10.6 Å². The van der Waals surface area contributed by atoms with E-state index in [1.165, 1.54) is 25.7 Å². The van der Waals surface area contributed by atoms with Gasteiger partial charge in [-0.3, -0.25) is 4.79 Å². The third kappa shape index (κ3) is 2.57. The topological polar surface area (TPSA) is 41.1 Å². The number of hydrogen-bond donors (Lipinski definition) is 2. The van der Waals surface area contributed by atoms with E-state index in [0.29, 0.717) is 11.5 Å². The lowest BCUT2D eigenvalue weighted by Crippen LogP contribution is -2.39. The average molecular weight is 224 g/mol. The van der Waals surface area contributed by atoms with E-state index in [1.807, 2.05) is 0 Å². The van der Waals surface area contributed by atoms with Gasteiger partial charge in [0.2, 0.25) is 5.91 Å². The van der Waals surface area contributed by atoms with Gasteiger partial charge in [-0.15, -0.1) is 0 Å². The van der Waals surface area contributed by atoms with Gasteiger partial charge >= 0.3 is 0 Å². The number of hydrogen-bond acceptors (Lipinski definition) is 2. The molecule has 1 heterocycles. The van der Waals surface area contributed by atoms with E-state index in [4.69, 9.17) is 0 Å². The van der Waals surface area contributed by atoms with Gasteiger partial charge in [-0.05, 0) is 44.6 Å². The number of nitrogens with one attached hydrogen (secondary N) is 2. The molecule has 2 fully saturated rings. The standard InChI is InChI=1S/C13H24N2O/c1-3-5-13(6-7-13)9-15-12(16)11-4-8-14-10(11)2/h10-11,14H,3-9H2,1-2H3,(H,15,16). The fraction of sp³-hybridized carbons (Fsp3) is 0.923. The third-order valence-electron chi connectivity index (χ3n) is 4.24. The summed E-state index contributed by atoms with van der Waals surface area (Å²) in [6.07, 6.45) is 6.11. The highest BCUT2D eigenvalue weighted by Crippen LogP contribution is 2.48. The van der Waals surface area contributed by atoms with Crippen molar-refractivity contribution in [1.29, 1.82) is 0 Å². The maximum Gasteiger partial charge on any atom is 0.224 e. The SMILES string of the molecule is CCCC1(CNC(=O)C2CCNC2C)CC1. The molecule has 0 radical (unpaired) electrons. The Kier molecular flexibility index (Phi) is 3.53. The van der Waals surface area contributed by atoms with Crippen molar-refractivity contribution in [3.63, 3.8) is 0 Å². The molecule has 2 unspecified atom stereocenters. The summed E-state index contributed by atoms with van der Waals surface area (Å²) in [4.78, 5) is 12.0. The molecule has 0 bridgehead atoms. The summed E-state index contributed by atoms with van der Waals surface area (Å²) >= 11 is 0. The summed E-state index contributed by atoms with van der Waals surface area (Å²) in [6, 6.07) is 0.348. The number of carbonyl (C=O) groups is 1. The lowest BCUT2D eigenvalue weighted by molar-refractivity contribution is -0.125. The molecule has 3 nitrogen and oxygen atoms in total. The lowest BCUT2D eigenvalue weighted by Gasteiger charge is -2.19. The van der Waals surface area contributed by atoms with E-state index < -0.39 is 0 Å². The highest BCUT2D eigenvalue weighted by Gasteiger charge is 2.42. The molecule has 0 aromatic heterocycles. The van der Waals surface area contributed by atoms with Crippen molar-refractivity contribution in [3.05, 3.63) is 0 Å². The molecule has 1 aliphatic heterocycles. The zero-order valence-electron chi connectivity index (χ0n) is 10.5. The summed E-state index contributed by atoms with van der Waals surface area (Å²) in [5.74, 6) is 0.456. The van der Waals surface area contributed by atoms with Crippen LogP contribution in [0.1, 0.15) is 46.0 Å². The Morgan fingerprint density at radius 1 is 1.50 bits per heavy atom. The van der Waals surface area contributed by atoms with Crippen LogP contribution in [0.4, 0.5) is 0 Å². The quantitative estimate of drug-likeness (QED) is 0.746. The summed E-state index contributed by atoms with van der Waals surface area (Å²) in [7, 11) is 0. The minimum Gasteiger partial charge on any atom is -0.355 e. The van der Waals surface area contributed by atoms with Crippen LogP contribution in [0.5, 0.6) is 0 Å². The van der Waals surface area contributed by atoms with Crippen LogP contribution in [0.25, 0.3) is 0 Å². The molecule has 1 saturated carbocycles. The minimum absolute atomic E-state index is 0.192. The maximum absolute atomic E-state index is 12.0. The van der Waals surface area contributed by atoms with Gasteiger partial charge in [-0.1, -0.05) is 13.3 Å². The first-order valence-corrected chi connectivity index (χ1v) is 6.68. The lowest BCUT2D eigenvalue weighted by atomic mass is 9.98. The van der Waals surface area contributed by atoms with Gasteiger partial charge in [0.25, 0.3) is 0 Å². The normalized spacial score (nSPS) is 31.4. The smallest absolute Gasteiger partial charge is 0.224 e. The van der Waals surface area contributed by atoms with Crippen LogP contribution in [0.15, 0.2) is 0 Å². The molecule has 0 aromatic carbocycles. The number of carbonyl (C=O) groups excluding carboxylic acids is 1. The molecule has 0 spiro atoms. The van der Waals surface area contributed by atoms with Crippen molar-refractivity contribution >= 4 is 5.91 Å². The first-order valence-electron chi connectivity index (χ1n) is 6.68. The van der Waals surface area contributed by atoms with Crippen LogP contribution < -0.4 is 10.6 Å². The first kappa shape index (κ1) is 11.9. The molecule has 3 heteroatoms.